The van der Waals surface area contributed by atoms with Crippen LogP contribution >= 0.6 is 0 Å². The van der Waals surface area contributed by atoms with Crippen LogP contribution in [0.2, 0.25) is 0 Å². The zero-order valence-corrected chi connectivity index (χ0v) is 12.1. The summed E-state index contributed by atoms with van der Waals surface area (Å²) >= 11 is 0. The largest absolute Gasteiger partial charge is 0.409 e. The summed E-state index contributed by atoms with van der Waals surface area (Å²) in [4.78, 5) is 2.25. The zero-order valence-electron chi connectivity index (χ0n) is 12.1. The second-order valence-electron chi connectivity index (χ2n) is 6.25. The Balaban J connectivity index is 1.78. The number of nitrogens with two attached hydrogens (primary N) is 1. The molecule has 1 saturated carbocycles. The number of likely N-dealkylation sites (N-methyl/N-ethyl adjacent to an activating group) is 1. The maximum absolute atomic E-state index is 8.61. The smallest absolute Gasteiger partial charge is 0.140 e. The van der Waals surface area contributed by atoms with E-state index in [9.17, 15) is 0 Å². The van der Waals surface area contributed by atoms with E-state index >= 15 is 0 Å². The number of nitrogens with zero attached hydrogens (tertiary/aromatic N) is 2. The van der Waals surface area contributed by atoms with Crippen LogP contribution in [-0.4, -0.2) is 47.3 Å². The molecule has 110 valence electrons. The molecule has 0 radical (unpaired) electrons. The highest BCUT2D eigenvalue weighted by Crippen LogP contribution is 2.43. The highest BCUT2D eigenvalue weighted by molar-refractivity contribution is 5.80. The molecule has 0 amide bonds. The molecule has 0 bridgehead atoms. The maximum atomic E-state index is 8.61. The molecule has 1 spiro atoms. The van der Waals surface area contributed by atoms with E-state index in [1.165, 1.54) is 38.5 Å². The Bertz CT molecular complexity index is 327. The van der Waals surface area contributed by atoms with Gasteiger partial charge in [-0.3, -0.25) is 0 Å². The third-order valence-corrected chi connectivity index (χ3v) is 4.73. The first-order valence-corrected chi connectivity index (χ1v) is 7.39. The molecule has 2 aliphatic rings. The van der Waals surface area contributed by atoms with Gasteiger partial charge in [0.1, 0.15) is 5.84 Å². The summed E-state index contributed by atoms with van der Waals surface area (Å²) < 4.78 is 6.31. The summed E-state index contributed by atoms with van der Waals surface area (Å²) in [5.41, 5.74) is 5.76. The van der Waals surface area contributed by atoms with Gasteiger partial charge in [-0.05, 0) is 39.7 Å². The summed E-state index contributed by atoms with van der Waals surface area (Å²) in [6.45, 7) is 3.03. The minimum Gasteiger partial charge on any atom is -0.409 e. The van der Waals surface area contributed by atoms with Crippen LogP contribution in [0.5, 0.6) is 0 Å². The van der Waals surface area contributed by atoms with Gasteiger partial charge in [0.15, 0.2) is 0 Å². The molecular weight excluding hydrogens is 242 g/mol. The first-order chi connectivity index (χ1) is 9.04. The maximum Gasteiger partial charge on any atom is 0.140 e. The molecule has 1 heterocycles. The van der Waals surface area contributed by atoms with Crippen molar-refractivity contribution >= 4 is 5.84 Å². The van der Waals surface area contributed by atoms with Crippen LogP contribution in [-0.2, 0) is 4.74 Å². The molecule has 1 aliphatic carbocycles. The van der Waals surface area contributed by atoms with E-state index in [0.29, 0.717) is 18.4 Å². The average Bonchev–Trinajstić information content (AvgIpc) is 3.00. The monoisotopic (exact) mass is 269 g/mol. The van der Waals surface area contributed by atoms with Crippen LogP contribution < -0.4 is 5.73 Å². The van der Waals surface area contributed by atoms with Gasteiger partial charge in [-0.2, -0.15) is 0 Å². The highest BCUT2D eigenvalue weighted by Gasteiger charge is 2.42. The van der Waals surface area contributed by atoms with Crippen LogP contribution in [0.4, 0.5) is 0 Å². The minimum absolute atomic E-state index is 0.209. The fourth-order valence-electron chi connectivity index (χ4n) is 3.41. The Morgan fingerprint density at radius 2 is 2.16 bits per heavy atom. The van der Waals surface area contributed by atoms with E-state index in [4.69, 9.17) is 15.7 Å². The van der Waals surface area contributed by atoms with Crippen molar-refractivity contribution in [3.05, 3.63) is 0 Å². The van der Waals surface area contributed by atoms with Crippen LogP contribution in [0, 0.1) is 0 Å². The number of amidine groups is 1. The lowest BCUT2D eigenvalue weighted by Gasteiger charge is -2.29. The number of hydrogen-bond acceptors (Lipinski definition) is 4. The number of hydrogen-bond donors (Lipinski definition) is 2. The van der Waals surface area contributed by atoms with Gasteiger partial charge >= 0.3 is 0 Å². The predicted octanol–water partition coefficient (Wildman–Crippen LogP) is 1.93. The van der Waals surface area contributed by atoms with Crippen molar-refractivity contribution in [3.8, 4) is 0 Å². The van der Waals surface area contributed by atoms with E-state index in [-0.39, 0.29) is 11.6 Å². The number of ether oxygens (including phenoxy) is 1. The second kappa shape index (κ2) is 6.09. The van der Waals surface area contributed by atoms with E-state index in [0.717, 1.165) is 6.54 Å². The third kappa shape index (κ3) is 3.60. The normalized spacial score (nSPS) is 28.4. The van der Waals surface area contributed by atoms with E-state index in [1.54, 1.807) is 0 Å². The molecule has 5 heteroatoms. The Kier molecular flexibility index (Phi) is 4.68. The van der Waals surface area contributed by atoms with Crippen LogP contribution in [0.25, 0.3) is 0 Å². The Labute approximate surface area is 115 Å². The Morgan fingerprint density at radius 1 is 1.47 bits per heavy atom. The predicted molar refractivity (Wildman–Crippen MR) is 75.4 cm³/mol. The number of oxime groups is 1. The summed E-state index contributed by atoms with van der Waals surface area (Å²) in [6, 6.07) is 0.264. The SMILES string of the molecule is CC(CC(N)=NO)N(C)CC1CCC2(CCCC2)O1. The van der Waals surface area contributed by atoms with Crippen molar-refractivity contribution in [2.45, 2.75) is 69.6 Å². The molecule has 0 aromatic heterocycles. The van der Waals surface area contributed by atoms with Crippen molar-refractivity contribution in [1.82, 2.24) is 4.90 Å². The van der Waals surface area contributed by atoms with Gasteiger partial charge in [0.2, 0.25) is 0 Å². The van der Waals surface area contributed by atoms with Gasteiger partial charge in [-0.25, -0.2) is 0 Å². The molecule has 1 saturated heterocycles. The fourth-order valence-corrected chi connectivity index (χ4v) is 3.41. The summed E-state index contributed by atoms with van der Waals surface area (Å²) in [5.74, 6) is 0.291. The van der Waals surface area contributed by atoms with Gasteiger partial charge < -0.3 is 20.6 Å². The van der Waals surface area contributed by atoms with Crippen LogP contribution in [0.3, 0.4) is 0 Å². The average molecular weight is 269 g/mol. The molecule has 2 atom stereocenters. The summed E-state index contributed by atoms with van der Waals surface area (Å²) in [7, 11) is 2.08. The molecule has 2 rings (SSSR count). The molecule has 19 heavy (non-hydrogen) atoms. The lowest BCUT2D eigenvalue weighted by Crippen LogP contribution is -2.39. The number of rotatable bonds is 5. The first kappa shape index (κ1) is 14.6. The third-order valence-electron chi connectivity index (χ3n) is 4.73. The Morgan fingerprint density at radius 3 is 2.79 bits per heavy atom. The minimum atomic E-state index is 0.209. The van der Waals surface area contributed by atoms with Crippen molar-refractivity contribution in [2.75, 3.05) is 13.6 Å². The van der Waals surface area contributed by atoms with Crippen molar-refractivity contribution in [3.63, 3.8) is 0 Å². The van der Waals surface area contributed by atoms with Crippen molar-refractivity contribution in [1.29, 1.82) is 0 Å². The molecule has 5 nitrogen and oxygen atoms in total. The van der Waals surface area contributed by atoms with Gasteiger partial charge in [-0.1, -0.05) is 18.0 Å². The van der Waals surface area contributed by atoms with Gasteiger partial charge in [-0.15, -0.1) is 0 Å². The molecule has 2 unspecified atom stereocenters. The standard InChI is InChI=1S/C14H27N3O2/c1-11(9-13(15)16-18)17(2)10-12-5-8-14(19-12)6-3-4-7-14/h11-12,18H,3-10H2,1-2H3,(H2,15,16). The van der Waals surface area contributed by atoms with E-state index in [2.05, 4.69) is 24.0 Å². The molecule has 1 aliphatic heterocycles. The molecule has 3 N–H and O–H groups in total. The fraction of sp³-hybridized carbons (Fsp3) is 0.929. The lowest BCUT2D eigenvalue weighted by molar-refractivity contribution is -0.0477. The molecular formula is C14H27N3O2. The molecule has 0 aromatic rings. The molecule has 0 aromatic carbocycles. The Hall–Kier alpha value is -0.810. The van der Waals surface area contributed by atoms with Crippen molar-refractivity contribution in [2.24, 2.45) is 10.9 Å². The highest BCUT2D eigenvalue weighted by atomic mass is 16.5. The van der Waals surface area contributed by atoms with Gasteiger partial charge in [0.25, 0.3) is 0 Å². The van der Waals surface area contributed by atoms with E-state index in [1.807, 2.05) is 0 Å². The quantitative estimate of drug-likeness (QED) is 0.346. The summed E-state index contributed by atoms with van der Waals surface area (Å²) in [5, 5.41) is 11.6. The van der Waals surface area contributed by atoms with Gasteiger partial charge in [0, 0.05) is 19.0 Å². The van der Waals surface area contributed by atoms with Gasteiger partial charge in [0.05, 0.1) is 11.7 Å². The first-order valence-electron chi connectivity index (χ1n) is 7.39. The zero-order chi connectivity index (χ0) is 13.9. The van der Waals surface area contributed by atoms with Crippen LogP contribution in [0.15, 0.2) is 5.16 Å². The topological polar surface area (TPSA) is 71.1 Å². The summed E-state index contributed by atoms with van der Waals surface area (Å²) in [6.07, 6.45) is 8.45. The second-order valence-corrected chi connectivity index (χ2v) is 6.25. The van der Waals surface area contributed by atoms with Crippen molar-refractivity contribution < 1.29 is 9.94 Å². The van der Waals surface area contributed by atoms with E-state index < -0.39 is 0 Å². The van der Waals surface area contributed by atoms with Crippen LogP contribution in [0.1, 0.15) is 51.9 Å². The lowest BCUT2D eigenvalue weighted by atomic mass is 9.98. The molecule has 2 fully saturated rings.